The van der Waals surface area contributed by atoms with E-state index < -0.39 is 34.2 Å². The largest absolute Gasteiger partial charge is 0.402 e. The smallest absolute Gasteiger partial charge is 0.390 e. The number of hydrogen-bond acceptors (Lipinski definition) is 4. The Labute approximate surface area is 384 Å². The summed E-state index contributed by atoms with van der Waals surface area (Å²) in [5, 5.41) is 8.30. The Morgan fingerprint density at radius 3 is 0.406 bits per heavy atom. The summed E-state index contributed by atoms with van der Waals surface area (Å²) in [6, 6.07) is 69.5. The van der Waals surface area contributed by atoms with Crippen LogP contribution in [0.4, 0.5) is 0 Å². The molecule has 1 saturated heterocycles. The van der Waals surface area contributed by atoms with Crippen LogP contribution in [0.25, 0.3) is 0 Å². The maximum absolute atomic E-state index is 8.91. The topological polar surface area (TPSA) is 36.9 Å². The highest BCUT2D eigenvalue weighted by molar-refractivity contribution is 7.17. The van der Waals surface area contributed by atoms with Crippen LogP contribution in [0.2, 0.25) is 0 Å². The van der Waals surface area contributed by atoms with Gasteiger partial charge in [-0.2, -0.15) is 0 Å². The normalized spacial score (nSPS) is 16.4. The Hall–Kier alpha value is -5.53. The predicted octanol–water partition coefficient (Wildman–Crippen LogP) is 7.56. The molecule has 0 bridgehead atoms. The van der Waals surface area contributed by atoms with Crippen LogP contribution in [-0.4, -0.2) is 34.2 Å². The van der Waals surface area contributed by atoms with Crippen molar-refractivity contribution >= 4 is 75.7 Å². The van der Waals surface area contributed by atoms with Crippen molar-refractivity contribution in [1.82, 2.24) is 0 Å². The summed E-state index contributed by atoms with van der Waals surface area (Å²) in [6.07, 6.45) is 0. The minimum atomic E-state index is -4.10. The van der Waals surface area contributed by atoms with Crippen LogP contribution >= 0.6 is 0 Å². The molecule has 8 aromatic rings. The second-order valence-electron chi connectivity index (χ2n) is 17.4. The summed E-state index contributed by atoms with van der Waals surface area (Å²) in [6.45, 7) is 17.6. The molecule has 320 valence electrons. The van der Waals surface area contributed by atoms with E-state index in [1.165, 1.54) is 0 Å². The van der Waals surface area contributed by atoms with Crippen LogP contribution in [0.1, 0.15) is 44.5 Å². The highest BCUT2D eigenvalue weighted by Crippen LogP contribution is 2.35. The quantitative estimate of drug-likeness (QED) is 0.148. The van der Waals surface area contributed by atoms with Gasteiger partial charge in [0.15, 0.2) is 0 Å². The average molecular weight is 905 g/mol. The van der Waals surface area contributed by atoms with E-state index in [4.69, 9.17) is 16.5 Å². The third-order valence-electron chi connectivity index (χ3n) is 13.1. The second kappa shape index (κ2) is 17.5. The first-order valence-corrected chi connectivity index (χ1v) is 29.5. The van der Waals surface area contributed by atoms with Gasteiger partial charge in [-0.1, -0.05) is 194 Å². The lowest BCUT2D eigenvalue weighted by atomic mass is 10.2. The van der Waals surface area contributed by atoms with Crippen LogP contribution in [0.3, 0.4) is 0 Å². The highest BCUT2D eigenvalue weighted by Gasteiger charge is 2.69. The average Bonchev–Trinajstić information content (AvgIpc) is 3.29. The summed E-state index contributed by atoms with van der Waals surface area (Å²) in [5.74, 6) is 0. The zero-order valence-corrected chi connectivity index (χ0v) is 42.1. The first-order chi connectivity index (χ1) is 31.0. The first-order valence-electron chi connectivity index (χ1n) is 22.3. The lowest BCUT2D eigenvalue weighted by Crippen LogP contribution is -2.89. The maximum atomic E-state index is 8.91. The molecule has 1 aliphatic heterocycles. The first kappa shape index (κ1) is 43.7. The molecule has 64 heavy (non-hydrogen) atoms. The third-order valence-corrected chi connectivity index (χ3v) is 32.5. The molecule has 0 spiro atoms. The van der Waals surface area contributed by atoms with Crippen LogP contribution in [0.5, 0.6) is 0 Å². The number of rotatable bonds is 8. The monoisotopic (exact) mass is 904 g/mol. The zero-order valence-electron chi connectivity index (χ0n) is 38.1. The molecule has 0 unspecified atom stereocenters. The lowest BCUT2D eigenvalue weighted by molar-refractivity contribution is 0.268. The van der Waals surface area contributed by atoms with Gasteiger partial charge < -0.3 is 16.5 Å². The number of benzene rings is 8. The molecule has 1 aliphatic rings. The van der Waals surface area contributed by atoms with E-state index in [2.05, 4.69) is 250 Å². The van der Waals surface area contributed by atoms with Gasteiger partial charge in [0.25, 0.3) is 0 Å². The minimum absolute atomic E-state index is 1.04. The van der Waals surface area contributed by atoms with Gasteiger partial charge in [0.1, 0.15) is 0 Å². The van der Waals surface area contributed by atoms with Crippen LogP contribution < -0.4 is 41.5 Å². The van der Waals surface area contributed by atoms with Gasteiger partial charge in [0, 0.05) is 41.5 Å². The Kier molecular flexibility index (Phi) is 11.9. The summed E-state index contributed by atoms with van der Waals surface area (Å²) in [4.78, 5) is 0. The van der Waals surface area contributed by atoms with E-state index in [0.717, 1.165) is 86.0 Å². The molecule has 0 N–H and O–H groups in total. The van der Waals surface area contributed by atoms with Gasteiger partial charge in [-0.3, -0.25) is 0 Å². The van der Waals surface area contributed by atoms with Gasteiger partial charge in [-0.15, -0.1) is 0 Å². The highest BCUT2D eigenvalue weighted by atomic mass is 28.5. The van der Waals surface area contributed by atoms with Crippen LogP contribution in [-0.2, 0) is 16.5 Å². The molecule has 1 fully saturated rings. The SMILES string of the molecule is Cc1ccccc1[Si]1(c2ccccc2C)O[Si](c2ccccc2C)(c2ccccc2C)O[Si](c2ccccc2C)(c2ccccc2C)O[Si](c2ccccc2C)(c2ccccc2C)O1. The van der Waals surface area contributed by atoms with E-state index in [0.29, 0.717) is 0 Å². The van der Waals surface area contributed by atoms with E-state index in [9.17, 15) is 0 Å². The maximum Gasteiger partial charge on any atom is 0.390 e. The molecule has 8 aromatic carbocycles. The molecule has 8 heteroatoms. The molecule has 0 radical (unpaired) electrons. The van der Waals surface area contributed by atoms with Crippen LogP contribution in [0.15, 0.2) is 194 Å². The van der Waals surface area contributed by atoms with Crippen molar-refractivity contribution in [3.8, 4) is 0 Å². The van der Waals surface area contributed by atoms with Crippen molar-refractivity contribution in [2.75, 3.05) is 0 Å². The summed E-state index contributed by atoms with van der Waals surface area (Å²) < 4.78 is 35.7. The fraction of sp³-hybridized carbons (Fsp3) is 0.143. The molecule has 1 heterocycles. The molecule has 0 aliphatic carbocycles. The van der Waals surface area contributed by atoms with E-state index in [1.54, 1.807) is 0 Å². The molecule has 0 atom stereocenters. The minimum Gasteiger partial charge on any atom is -0.402 e. The van der Waals surface area contributed by atoms with Gasteiger partial charge >= 0.3 is 34.2 Å². The van der Waals surface area contributed by atoms with Crippen LogP contribution in [0, 0.1) is 55.4 Å². The number of hydrogen-bond donors (Lipinski definition) is 0. The Morgan fingerprint density at radius 1 is 0.188 bits per heavy atom. The van der Waals surface area contributed by atoms with Crippen molar-refractivity contribution < 1.29 is 16.5 Å². The Morgan fingerprint density at radius 2 is 0.297 bits per heavy atom. The van der Waals surface area contributed by atoms with Crippen molar-refractivity contribution in [3.05, 3.63) is 239 Å². The predicted molar refractivity (Wildman–Crippen MR) is 274 cm³/mol. The Balaban J connectivity index is 1.60. The van der Waals surface area contributed by atoms with Crippen molar-refractivity contribution in [3.63, 3.8) is 0 Å². The molecule has 0 saturated carbocycles. The van der Waals surface area contributed by atoms with Crippen molar-refractivity contribution in [1.29, 1.82) is 0 Å². The van der Waals surface area contributed by atoms with Gasteiger partial charge in [-0.05, 0) is 99.9 Å². The summed E-state index contributed by atoms with van der Waals surface area (Å²) in [5.41, 5.74) is 8.74. The zero-order chi connectivity index (χ0) is 44.7. The van der Waals surface area contributed by atoms with Gasteiger partial charge in [-0.25, -0.2) is 0 Å². The van der Waals surface area contributed by atoms with E-state index in [-0.39, 0.29) is 0 Å². The Bertz CT molecular complexity index is 2400. The second-order valence-corrected chi connectivity index (χ2v) is 29.9. The molecule has 4 nitrogen and oxygen atoms in total. The molecule has 0 amide bonds. The van der Waals surface area contributed by atoms with Crippen molar-refractivity contribution in [2.45, 2.75) is 55.4 Å². The molecule has 9 rings (SSSR count). The summed E-state index contributed by atoms with van der Waals surface area (Å²) >= 11 is 0. The fourth-order valence-corrected chi connectivity index (χ4v) is 34.1. The van der Waals surface area contributed by atoms with Gasteiger partial charge in [0.05, 0.1) is 0 Å². The van der Waals surface area contributed by atoms with Crippen molar-refractivity contribution in [2.24, 2.45) is 0 Å². The van der Waals surface area contributed by atoms with E-state index in [1.807, 2.05) is 0 Å². The summed E-state index contributed by atoms with van der Waals surface area (Å²) in [7, 11) is -16.4. The van der Waals surface area contributed by atoms with E-state index >= 15 is 0 Å². The molecular formula is C56H56O4Si4. The number of aryl methyl sites for hydroxylation is 8. The molecular weight excluding hydrogens is 849 g/mol. The standard InChI is InChI=1S/C56H56O4Si4/c1-41-25-9-17-33-49(41)61(50-34-18-10-26-42(50)2)57-62(51-35-19-11-27-43(51)3,52-36-20-12-28-44(52)4)59-64(55-39-23-15-31-47(55)7,56-40-24-16-32-48(56)8)60-63(58-61,53-37-21-13-29-45(53)5)54-38-22-14-30-46(54)6/h9-40H,1-8H3. The third kappa shape index (κ3) is 7.28. The molecule has 0 aromatic heterocycles. The fourth-order valence-electron chi connectivity index (χ4n) is 9.89. The van der Waals surface area contributed by atoms with Gasteiger partial charge in [0.2, 0.25) is 0 Å². The lowest BCUT2D eigenvalue weighted by Gasteiger charge is -2.55.